The Balaban J connectivity index is 1.34. The Morgan fingerprint density at radius 1 is 1.07 bits per heavy atom. The minimum absolute atomic E-state index is 0.223. The van der Waals surface area contributed by atoms with Crippen LogP contribution in [0.25, 0.3) is 0 Å². The predicted molar refractivity (Wildman–Crippen MR) is 103 cm³/mol. The summed E-state index contributed by atoms with van der Waals surface area (Å²) in [6, 6.07) is 2.95. The maximum atomic E-state index is 13.9. The molecule has 3 saturated heterocycles. The average Bonchev–Trinajstić information content (AvgIpc) is 3.25. The Kier molecular flexibility index (Phi) is 5.86. The highest BCUT2D eigenvalue weighted by Gasteiger charge is 2.42. The molecule has 29 heavy (non-hydrogen) atoms. The van der Waals surface area contributed by atoms with E-state index < -0.39 is 17.5 Å². The van der Waals surface area contributed by atoms with Crippen LogP contribution in [0.2, 0.25) is 0 Å². The van der Waals surface area contributed by atoms with E-state index in [1.54, 1.807) is 4.90 Å². The van der Waals surface area contributed by atoms with Crippen molar-refractivity contribution in [2.24, 2.45) is 5.92 Å². The van der Waals surface area contributed by atoms with E-state index in [2.05, 4.69) is 0 Å². The lowest BCUT2D eigenvalue weighted by Gasteiger charge is -2.46. The molecule has 0 N–H and O–H groups in total. The van der Waals surface area contributed by atoms with Crippen molar-refractivity contribution in [1.82, 2.24) is 9.80 Å². The van der Waals surface area contributed by atoms with E-state index in [0.717, 1.165) is 57.0 Å². The van der Waals surface area contributed by atoms with Crippen LogP contribution in [-0.4, -0.2) is 60.0 Å². The molecule has 1 spiro atoms. The van der Waals surface area contributed by atoms with Crippen LogP contribution in [0.15, 0.2) is 18.2 Å². The Bertz CT molecular complexity index is 771. The second-order valence-corrected chi connectivity index (χ2v) is 8.60. The molecule has 2 amide bonds. The number of benzene rings is 1. The van der Waals surface area contributed by atoms with Gasteiger partial charge in [-0.05, 0) is 62.6 Å². The number of rotatable bonds is 3. The van der Waals surface area contributed by atoms with Gasteiger partial charge in [0.25, 0.3) is 5.91 Å². The van der Waals surface area contributed by atoms with Gasteiger partial charge in [-0.1, -0.05) is 0 Å². The maximum Gasteiger partial charge on any atom is 0.256 e. The summed E-state index contributed by atoms with van der Waals surface area (Å²) in [5.41, 5.74) is -0.537. The third-order valence-electron chi connectivity index (χ3n) is 6.64. The fraction of sp³-hybridized carbons (Fsp3) is 0.636. The molecule has 1 aromatic carbocycles. The number of carbonyl (C=O) groups excluding carboxylic acids is 2. The van der Waals surface area contributed by atoms with Crippen molar-refractivity contribution in [3.8, 4) is 0 Å². The lowest BCUT2D eigenvalue weighted by molar-refractivity contribution is -0.140. The fourth-order valence-corrected chi connectivity index (χ4v) is 4.94. The van der Waals surface area contributed by atoms with Gasteiger partial charge in [-0.3, -0.25) is 9.59 Å². The molecule has 5 nitrogen and oxygen atoms in total. The number of piperidine rings is 1. The number of carbonyl (C=O) groups is 2. The first-order chi connectivity index (χ1) is 14.0. The summed E-state index contributed by atoms with van der Waals surface area (Å²) in [4.78, 5) is 28.7. The molecule has 0 radical (unpaired) electrons. The number of likely N-dealkylation sites (tertiary alicyclic amines) is 2. The van der Waals surface area contributed by atoms with Crippen LogP contribution in [-0.2, 0) is 9.53 Å². The summed E-state index contributed by atoms with van der Waals surface area (Å²) in [7, 11) is 0. The smallest absolute Gasteiger partial charge is 0.256 e. The van der Waals surface area contributed by atoms with Gasteiger partial charge in [0.15, 0.2) is 0 Å². The minimum Gasteiger partial charge on any atom is -0.375 e. The summed E-state index contributed by atoms with van der Waals surface area (Å²) in [5.74, 6) is -1.25. The summed E-state index contributed by atoms with van der Waals surface area (Å²) in [6.45, 7) is 3.27. The Labute approximate surface area is 170 Å². The van der Waals surface area contributed by atoms with Gasteiger partial charge in [-0.2, -0.15) is 0 Å². The molecule has 1 aromatic rings. The van der Waals surface area contributed by atoms with Gasteiger partial charge in [0.1, 0.15) is 11.6 Å². The molecule has 3 fully saturated rings. The van der Waals surface area contributed by atoms with Gasteiger partial charge in [0.2, 0.25) is 5.91 Å². The third-order valence-corrected chi connectivity index (χ3v) is 6.64. The van der Waals surface area contributed by atoms with E-state index in [9.17, 15) is 18.4 Å². The number of hydrogen-bond acceptors (Lipinski definition) is 3. The van der Waals surface area contributed by atoms with Crippen LogP contribution in [0.4, 0.5) is 8.78 Å². The maximum absolute atomic E-state index is 13.9. The fourth-order valence-electron chi connectivity index (χ4n) is 4.94. The predicted octanol–water partition coefficient (Wildman–Crippen LogP) is 3.38. The van der Waals surface area contributed by atoms with E-state index >= 15 is 0 Å². The van der Waals surface area contributed by atoms with Crippen molar-refractivity contribution in [1.29, 1.82) is 0 Å². The Morgan fingerprint density at radius 3 is 2.52 bits per heavy atom. The first kappa shape index (κ1) is 20.3. The molecule has 158 valence electrons. The van der Waals surface area contributed by atoms with Crippen LogP contribution < -0.4 is 0 Å². The standard InChI is InChI=1S/C22H28F2N2O3/c23-17-3-4-19(24)18(14-17)21(28)26-10-6-22(7-11-26)15-16(5-12-29-22)13-20(27)25-8-1-2-9-25/h3-4,14,16H,1-2,5-13,15H2. The van der Waals surface area contributed by atoms with Crippen molar-refractivity contribution in [3.05, 3.63) is 35.4 Å². The van der Waals surface area contributed by atoms with Gasteiger partial charge in [-0.25, -0.2) is 8.78 Å². The Morgan fingerprint density at radius 2 is 1.79 bits per heavy atom. The first-order valence-electron chi connectivity index (χ1n) is 10.6. The highest BCUT2D eigenvalue weighted by molar-refractivity contribution is 5.94. The molecule has 1 unspecified atom stereocenters. The van der Waals surface area contributed by atoms with E-state index in [1.165, 1.54) is 0 Å². The van der Waals surface area contributed by atoms with E-state index in [4.69, 9.17) is 4.74 Å². The first-order valence-corrected chi connectivity index (χ1v) is 10.6. The zero-order chi connectivity index (χ0) is 20.4. The molecule has 7 heteroatoms. The highest BCUT2D eigenvalue weighted by atomic mass is 19.1. The molecule has 1 atom stereocenters. The SMILES string of the molecule is O=C(CC1CCOC2(CCN(C(=O)c3cc(F)ccc3F)CC2)C1)N1CCCC1. The van der Waals surface area contributed by atoms with Crippen molar-refractivity contribution >= 4 is 11.8 Å². The molecular weight excluding hydrogens is 378 g/mol. The molecular formula is C22H28F2N2O3. The third kappa shape index (κ3) is 4.44. The Hall–Kier alpha value is -2.02. The van der Waals surface area contributed by atoms with Crippen molar-refractivity contribution in [2.45, 2.75) is 50.5 Å². The van der Waals surface area contributed by atoms with E-state index in [-0.39, 0.29) is 17.1 Å². The lowest BCUT2D eigenvalue weighted by atomic mass is 9.78. The van der Waals surface area contributed by atoms with E-state index in [1.807, 2.05) is 4.90 Å². The largest absolute Gasteiger partial charge is 0.375 e. The molecule has 0 bridgehead atoms. The quantitative estimate of drug-likeness (QED) is 0.773. The zero-order valence-electron chi connectivity index (χ0n) is 16.7. The molecule has 4 rings (SSSR count). The molecule has 0 saturated carbocycles. The number of halogens is 2. The summed E-state index contributed by atoms with van der Waals surface area (Å²) < 4.78 is 33.5. The monoisotopic (exact) mass is 406 g/mol. The van der Waals surface area contributed by atoms with Crippen LogP contribution in [0, 0.1) is 17.6 Å². The number of nitrogens with zero attached hydrogens (tertiary/aromatic N) is 2. The number of hydrogen-bond donors (Lipinski definition) is 0. The van der Waals surface area contributed by atoms with Gasteiger partial charge in [-0.15, -0.1) is 0 Å². The normalized spacial score (nSPS) is 24.1. The van der Waals surface area contributed by atoms with Crippen molar-refractivity contribution in [2.75, 3.05) is 32.8 Å². The number of amides is 2. The highest BCUT2D eigenvalue weighted by Crippen LogP contribution is 2.39. The molecule has 3 heterocycles. The second-order valence-electron chi connectivity index (χ2n) is 8.60. The van der Waals surface area contributed by atoms with Crippen LogP contribution >= 0.6 is 0 Å². The van der Waals surface area contributed by atoms with Crippen LogP contribution in [0.3, 0.4) is 0 Å². The van der Waals surface area contributed by atoms with Gasteiger partial charge >= 0.3 is 0 Å². The molecule has 3 aliphatic rings. The summed E-state index contributed by atoms with van der Waals surface area (Å²) >= 11 is 0. The second kappa shape index (κ2) is 8.38. The molecule has 0 aliphatic carbocycles. The van der Waals surface area contributed by atoms with Crippen LogP contribution in [0.1, 0.15) is 55.3 Å². The minimum atomic E-state index is -0.703. The van der Waals surface area contributed by atoms with Gasteiger partial charge < -0.3 is 14.5 Å². The van der Waals surface area contributed by atoms with Crippen LogP contribution in [0.5, 0.6) is 0 Å². The zero-order valence-corrected chi connectivity index (χ0v) is 16.7. The topological polar surface area (TPSA) is 49.9 Å². The molecule has 3 aliphatic heterocycles. The average molecular weight is 406 g/mol. The summed E-state index contributed by atoms with van der Waals surface area (Å²) in [6.07, 6.45) is 5.79. The lowest BCUT2D eigenvalue weighted by Crippen LogP contribution is -2.51. The molecule has 0 aromatic heterocycles. The van der Waals surface area contributed by atoms with Crippen molar-refractivity contribution < 1.29 is 23.1 Å². The van der Waals surface area contributed by atoms with E-state index in [0.29, 0.717) is 44.9 Å². The number of ether oxygens (including phenoxy) is 1. The summed E-state index contributed by atoms with van der Waals surface area (Å²) in [5, 5.41) is 0. The van der Waals surface area contributed by atoms with Gasteiger partial charge in [0.05, 0.1) is 11.2 Å². The van der Waals surface area contributed by atoms with Crippen molar-refractivity contribution in [3.63, 3.8) is 0 Å². The van der Waals surface area contributed by atoms with Gasteiger partial charge in [0, 0.05) is 39.2 Å².